The molecule has 0 aromatic heterocycles. The third-order valence-corrected chi connectivity index (χ3v) is 2.27. The number of carbonyl (C=O) groups excluding carboxylic acids is 1. The first kappa shape index (κ1) is 11.9. The number of hydrogen-bond acceptors (Lipinski definition) is 6. The molecule has 1 heterocycles. The van der Waals surface area contributed by atoms with Gasteiger partial charge in [0.15, 0.2) is 5.96 Å². The summed E-state index contributed by atoms with van der Waals surface area (Å²) in [5.74, 6) is -0.378. The number of carbonyl (C=O) groups is 2. The molecular weight excluding hydrogens is 238 g/mol. The van der Waals surface area contributed by atoms with Crippen molar-refractivity contribution in [2.24, 2.45) is 4.99 Å². The number of nitrogens with one attached hydrogen (secondary N) is 2. The molecule has 0 saturated heterocycles. The van der Waals surface area contributed by atoms with E-state index in [0.717, 1.165) is 6.54 Å². The minimum absolute atomic E-state index is 0.0236. The molecule has 0 aliphatic carbocycles. The average Bonchev–Trinajstić information content (AvgIpc) is 2.82. The summed E-state index contributed by atoms with van der Waals surface area (Å²) in [6.45, 7) is 1.65. The Labute approximate surface area is 102 Å². The molecule has 7 heteroatoms. The zero-order valence-electron chi connectivity index (χ0n) is 9.34. The van der Waals surface area contributed by atoms with Crippen LogP contribution >= 0.6 is 0 Å². The predicted molar refractivity (Wildman–Crippen MR) is 64.0 cm³/mol. The van der Waals surface area contributed by atoms with Crippen LogP contribution in [-0.2, 0) is 4.79 Å². The van der Waals surface area contributed by atoms with E-state index in [2.05, 4.69) is 20.4 Å². The lowest BCUT2D eigenvalue weighted by Crippen LogP contribution is -2.26. The number of aliphatic imine (C=N–C) groups is 1. The maximum Gasteiger partial charge on any atom is 0.335 e. The lowest BCUT2D eigenvalue weighted by molar-refractivity contribution is -0.120. The van der Waals surface area contributed by atoms with Crippen LogP contribution in [0.4, 0.5) is 5.69 Å². The van der Waals surface area contributed by atoms with Gasteiger partial charge in [0.25, 0.3) is 6.47 Å². The molecule has 94 valence electrons. The number of carboxylic acids is 1. The van der Waals surface area contributed by atoms with Crippen molar-refractivity contribution in [3.05, 3.63) is 23.8 Å². The highest BCUT2D eigenvalue weighted by Gasteiger charge is 2.10. The molecule has 0 unspecified atom stereocenters. The fourth-order valence-electron chi connectivity index (χ4n) is 1.54. The number of aromatic carboxylic acids is 1. The van der Waals surface area contributed by atoms with Crippen molar-refractivity contribution in [3.8, 4) is 5.75 Å². The third-order valence-electron chi connectivity index (χ3n) is 2.27. The second-order valence-electron chi connectivity index (χ2n) is 3.55. The number of ether oxygens (including phenoxy) is 1. The first-order chi connectivity index (χ1) is 8.69. The average molecular weight is 249 g/mol. The fourth-order valence-corrected chi connectivity index (χ4v) is 1.54. The Kier molecular flexibility index (Phi) is 3.42. The smallest absolute Gasteiger partial charge is 0.335 e. The molecule has 0 saturated carbocycles. The highest BCUT2D eigenvalue weighted by atomic mass is 16.5. The first-order valence-electron chi connectivity index (χ1n) is 5.23. The van der Waals surface area contributed by atoms with E-state index in [0.29, 0.717) is 18.2 Å². The molecule has 0 spiro atoms. The summed E-state index contributed by atoms with van der Waals surface area (Å²) in [7, 11) is 0. The molecule has 3 N–H and O–H groups in total. The zero-order valence-corrected chi connectivity index (χ0v) is 9.34. The van der Waals surface area contributed by atoms with Crippen molar-refractivity contribution >= 4 is 24.1 Å². The summed E-state index contributed by atoms with van der Waals surface area (Å²) in [4.78, 5) is 25.3. The van der Waals surface area contributed by atoms with Crippen molar-refractivity contribution in [2.75, 3.05) is 18.4 Å². The van der Waals surface area contributed by atoms with Gasteiger partial charge in [0.2, 0.25) is 0 Å². The quantitative estimate of drug-likeness (QED) is 0.663. The van der Waals surface area contributed by atoms with Crippen molar-refractivity contribution in [3.63, 3.8) is 0 Å². The van der Waals surface area contributed by atoms with Crippen LogP contribution in [0, 0.1) is 0 Å². The molecule has 1 aromatic rings. The Morgan fingerprint density at radius 3 is 2.94 bits per heavy atom. The lowest BCUT2D eigenvalue weighted by atomic mass is 10.2. The molecule has 18 heavy (non-hydrogen) atoms. The molecular formula is C11H11N3O4. The van der Waals surface area contributed by atoms with Gasteiger partial charge in [-0.25, -0.2) is 4.79 Å². The van der Waals surface area contributed by atoms with Gasteiger partial charge in [-0.15, -0.1) is 0 Å². The van der Waals surface area contributed by atoms with Gasteiger partial charge in [0.1, 0.15) is 5.75 Å². The highest BCUT2D eigenvalue weighted by Crippen LogP contribution is 2.21. The van der Waals surface area contributed by atoms with Gasteiger partial charge >= 0.3 is 5.97 Å². The summed E-state index contributed by atoms with van der Waals surface area (Å²) in [6.07, 6.45) is 0. The molecule has 1 aliphatic heterocycles. The molecule has 2 rings (SSSR count). The number of carboxylic acid groups (broad SMARTS) is 1. The van der Waals surface area contributed by atoms with Crippen LogP contribution in [-0.4, -0.2) is 36.6 Å². The Bertz CT molecular complexity index is 513. The van der Waals surface area contributed by atoms with Crippen LogP contribution in [0.25, 0.3) is 0 Å². The zero-order chi connectivity index (χ0) is 13.0. The number of nitrogens with zero attached hydrogens (tertiary/aromatic N) is 1. The van der Waals surface area contributed by atoms with E-state index in [-0.39, 0.29) is 17.8 Å². The molecule has 0 bridgehead atoms. The van der Waals surface area contributed by atoms with Crippen molar-refractivity contribution in [1.82, 2.24) is 5.32 Å². The van der Waals surface area contributed by atoms with Crippen LogP contribution in [0.2, 0.25) is 0 Å². The van der Waals surface area contributed by atoms with E-state index in [1.54, 1.807) is 0 Å². The Morgan fingerprint density at radius 1 is 1.50 bits per heavy atom. The number of guanidine groups is 1. The Balaban J connectivity index is 2.27. The molecule has 1 aliphatic rings. The second-order valence-corrected chi connectivity index (χ2v) is 3.55. The van der Waals surface area contributed by atoms with Crippen molar-refractivity contribution in [1.29, 1.82) is 0 Å². The monoisotopic (exact) mass is 249 g/mol. The fraction of sp³-hybridized carbons (Fsp3) is 0.182. The number of hydrogen-bond donors (Lipinski definition) is 3. The summed E-state index contributed by atoms with van der Waals surface area (Å²) in [5, 5.41) is 14.8. The molecule has 0 radical (unpaired) electrons. The number of rotatable bonds is 4. The summed E-state index contributed by atoms with van der Waals surface area (Å²) < 4.78 is 4.66. The van der Waals surface area contributed by atoms with Gasteiger partial charge in [0, 0.05) is 18.3 Å². The van der Waals surface area contributed by atoms with E-state index >= 15 is 0 Å². The van der Waals surface area contributed by atoms with Crippen LogP contribution < -0.4 is 15.4 Å². The van der Waals surface area contributed by atoms with E-state index in [9.17, 15) is 9.59 Å². The maximum absolute atomic E-state index is 10.9. The predicted octanol–water partition coefficient (Wildman–Crippen LogP) is 0.291. The van der Waals surface area contributed by atoms with E-state index < -0.39 is 5.97 Å². The lowest BCUT2D eigenvalue weighted by Gasteiger charge is -2.09. The molecule has 1 aromatic carbocycles. The normalized spacial score (nSPS) is 13.4. The molecule has 0 atom stereocenters. The largest absolute Gasteiger partial charge is 0.478 e. The SMILES string of the molecule is O=COc1cc(NC2=NCCN2)cc(C(=O)O)c1. The van der Waals surface area contributed by atoms with E-state index in [4.69, 9.17) is 5.11 Å². The third kappa shape index (κ3) is 2.76. The van der Waals surface area contributed by atoms with Crippen LogP contribution in [0.3, 0.4) is 0 Å². The van der Waals surface area contributed by atoms with Gasteiger partial charge in [0.05, 0.1) is 12.1 Å². The molecule has 0 fully saturated rings. The maximum atomic E-state index is 10.9. The number of anilines is 1. The Hall–Kier alpha value is -2.57. The van der Waals surface area contributed by atoms with Gasteiger partial charge in [-0.2, -0.15) is 0 Å². The minimum atomic E-state index is -1.10. The first-order valence-corrected chi connectivity index (χ1v) is 5.23. The van der Waals surface area contributed by atoms with Gasteiger partial charge in [-0.05, 0) is 12.1 Å². The van der Waals surface area contributed by atoms with Crippen molar-refractivity contribution < 1.29 is 19.4 Å². The van der Waals surface area contributed by atoms with Gasteiger partial charge < -0.3 is 20.5 Å². The van der Waals surface area contributed by atoms with Crippen LogP contribution in [0.5, 0.6) is 5.75 Å². The summed E-state index contributed by atoms with van der Waals surface area (Å²) in [5.41, 5.74) is 0.510. The highest BCUT2D eigenvalue weighted by molar-refractivity contribution is 5.97. The second kappa shape index (κ2) is 5.17. The topological polar surface area (TPSA) is 100 Å². The molecule has 7 nitrogen and oxygen atoms in total. The summed E-state index contributed by atoms with van der Waals surface area (Å²) >= 11 is 0. The van der Waals surface area contributed by atoms with Gasteiger partial charge in [-0.3, -0.25) is 9.79 Å². The summed E-state index contributed by atoms with van der Waals surface area (Å²) in [6, 6.07) is 4.22. The van der Waals surface area contributed by atoms with E-state index in [1.807, 2.05) is 0 Å². The molecule has 0 amide bonds. The minimum Gasteiger partial charge on any atom is -0.478 e. The Morgan fingerprint density at radius 2 is 2.33 bits per heavy atom. The number of benzene rings is 1. The van der Waals surface area contributed by atoms with Gasteiger partial charge in [-0.1, -0.05) is 0 Å². The van der Waals surface area contributed by atoms with Crippen molar-refractivity contribution in [2.45, 2.75) is 0 Å². The van der Waals surface area contributed by atoms with Crippen LogP contribution in [0.15, 0.2) is 23.2 Å². The standard InChI is InChI=1S/C11H11N3O4/c15-6-18-9-4-7(10(16)17)3-8(5-9)14-11-12-1-2-13-11/h3-6H,1-2H2,(H,16,17)(H2,12,13,14). The van der Waals surface area contributed by atoms with Crippen LogP contribution in [0.1, 0.15) is 10.4 Å². The van der Waals surface area contributed by atoms with E-state index in [1.165, 1.54) is 18.2 Å².